The van der Waals surface area contributed by atoms with Crippen LogP contribution in [-0.2, 0) is 17.9 Å². The Bertz CT molecular complexity index is 392. The van der Waals surface area contributed by atoms with Gasteiger partial charge in [0.05, 0.1) is 12.6 Å². The van der Waals surface area contributed by atoms with Gasteiger partial charge in [-0.25, -0.2) is 0 Å². The monoisotopic (exact) mass is 221 g/mol. The molecule has 0 aliphatic carbocycles. The molecular weight excluding hydrogens is 206 g/mol. The van der Waals surface area contributed by atoms with Gasteiger partial charge in [-0.2, -0.15) is 0 Å². The average molecular weight is 221 g/mol. The number of terminal acetylenes is 1. The second kappa shape index (κ2) is 5.88. The number of nitrogens with two attached hydrogens (primary N) is 1. The van der Waals surface area contributed by atoms with Gasteiger partial charge >= 0.3 is 0 Å². The Morgan fingerprint density at radius 3 is 3.19 bits per heavy atom. The van der Waals surface area contributed by atoms with Gasteiger partial charge in [-0.15, -0.1) is 22.5 Å². The summed E-state index contributed by atoms with van der Waals surface area (Å²) in [6.45, 7) is 3.04. The number of rotatable bonds is 5. The molecule has 1 amide bonds. The van der Waals surface area contributed by atoms with Crippen LogP contribution >= 0.6 is 0 Å². The molecule has 16 heavy (non-hydrogen) atoms. The normalized spacial score (nSPS) is 11.8. The summed E-state index contributed by atoms with van der Waals surface area (Å²) in [6.07, 6.45) is 6.91. The summed E-state index contributed by atoms with van der Waals surface area (Å²) in [5, 5.41) is 10.3. The summed E-state index contributed by atoms with van der Waals surface area (Å²) in [4.78, 5) is 11.4. The molecule has 0 aromatic carbocycles. The highest BCUT2D eigenvalue weighted by Crippen LogP contribution is 1.94. The number of amides is 1. The Hall–Kier alpha value is -1.87. The van der Waals surface area contributed by atoms with Crippen molar-refractivity contribution in [3.8, 4) is 12.3 Å². The lowest BCUT2D eigenvalue weighted by Gasteiger charge is -2.09. The number of hydrogen-bond donors (Lipinski definition) is 2. The van der Waals surface area contributed by atoms with Crippen molar-refractivity contribution in [1.29, 1.82) is 0 Å². The van der Waals surface area contributed by atoms with E-state index in [-0.39, 0.29) is 12.3 Å². The van der Waals surface area contributed by atoms with E-state index in [1.807, 2.05) is 11.5 Å². The summed E-state index contributed by atoms with van der Waals surface area (Å²) in [7, 11) is 0. The van der Waals surface area contributed by atoms with E-state index in [1.165, 1.54) is 0 Å². The lowest BCUT2D eigenvalue weighted by molar-refractivity contribution is -0.122. The summed E-state index contributed by atoms with van der Waals surface area (Å²) in [5.41, 5.74) is 5.54. The Kier molecular flexibility index (Phi) is 4.48. The highest BCUT2D eigenvalue weighted by Gasteiger charge is 2.12. The average Bonchev–Trinajstić information content (AvgIpc) is 2.73. The molecule has 1 atom stereocenters. The molecule has 0 spiro atoms. The van der Waals surface area contributed by atoms with Crippen LogP contribution in [0, 0.1) is 12.3 Å². The van der Waals surface area contributed by atoms with Gasteiger partial charge in [-0.1, -0.05) is 0 Å². The fraction of sp³-hybridized carbons (Fsp3) is 0.500. The van der Waals surface area contributed by atoms with Gasteiger partial charge < -0.3 is 15.6 Å². The third-order valence-corrected chi connectivity index (χ3v) is 2.13. The van der Waals surface area contributed by atoms with Crippen LogP contribution in [0.1, 0.15) is 19.2 Å². The lowest BCUT2D eigenvalue weighted by atomic mass is 10.2. The van der Waals surface area contributed by atoms with Crippen LogP contribution in [0.5, 0.6) is 0 Å². The van der Waals surface area contributed by atoms with Crippen molar-refractivity contribution in [2.45, 2.75) is 32.5 Å². The maximum atomic E-state index is 11.4. The molecule has 0 radical (unpaired) electrons. The summed E-state index contributed by atoms with van der Waals surface area (Å²) in [5.74, 6) is 2.77. The topological polar surface area (TPSA) is 85.8 Å². The van der Waals surface area contributed by atoms with Gasteiger partial charge in [0.25, 0.3) is 0 Å². The van der Waals surface area contributed by atoms with Crippen molar-refractivity contribution in [1.82, 2.24) is 20.1 Å². The highest BCUT2D eigenvalue weighted by atomic mass is 16.2. The summed E-state index contributed by atoms with van der Waals surface area (Å²) >= 11 is 0. The molecular formula is C10H15N5O. The predicted molar refractivity (Wildman–Crippen MR) is 59.0 cm³/mol. The smallest absolute Gasteiger partial charge is 0.238 e. The van der Waals surface area contributed by atoms with Crippen LogP contribution < -0.4 is 11.1 Å². The predicted octanol–water partition coefficient (Wildman–Crippen LogP) is -0.735. The van der Waals surface area contributed by atoms with Crippen molar-refractivity contribution in [3.63, 3.8) is 0 Å². The molecule has 0 saturated carbocycles. The van der Waals surface area contributed by atoms with E-state index >= 15 is 0 Å². The number of carbonyl (C=O) groups is 1. The molecule has 3 N–H and O–H groups in total. The third kappa shape index (κ3) is 3.07. The first-order chi connectivity index (χ1) is 7.69. The quantitative estimate of drug-likeness (QED) is 0.641. The largest absolute Gasteiger partial charge is 0.347 e. The zero-order chi connectivity index (χ0) is 12.0. The van der Waals surface area contributed by atoms with Crippen molar-refractivity contribution in [3.05, 3.63) is 12.2 Å². The molecule has 6 heteroatoms. The van der Waals surface area contributed by atoms with Gasteiger partial charge in [-0.3, -0.25) is 4.79 Å². The van der Waals surface area contributed by atoms with E-state index in [4.69, 9.17) is 12.2 Å². The van der Waals surface area contributed by atoms with Crippen LogP contribution in [0.3, 0.4) is 0 Å². The van der Waals surface area contributed by atoms with E-state index in [1.54, 1.807) is 6.33 Å². The number of nitrogens with zero attached hydrogens (tertiary/aromatic N) is 3. The minimum absolute atomic E-state index is 0.228. The standard InChI is InChI=1S/C10H15N5O/c1-3-5-8(11)10(16)12-6-9-14-13-7-15(9)4-2/h1,7-8H,4-6,11H2,2H3,(H,12,16). The van der Waals surface area contributed by atoms with Gasteiger partial charge in [0.2, 0.25) is 5.91 Å². The zero-order valence-electron chi connectivity index (χ0n) is 9.18. The minimum atomic E-state index is -0.664. The molecule has 0 saturated heterocycles. The van der Waals surface area contributed by atoms with Gasteiger partial charge in [-0.05, 0) is 6.92 Å². The molecule has 1 unspecified atom stereocenters. The van der Waals surface area contributed by atoms with E-state index in [2.05, 4.69) is 21.4 Å². The van der Waals surface area contributed by atoms with Crippen molar-refractivity contribution < 1.29 is 4.79 Å². The number of carbonyl (C=O) groups excluding carboxylic acids is 1. The second-order valence-electron chi connectivity index (χ2n) is 3.27. The first-order valence-corrected chi connectivity index (χ1v) is 5.02. The second-order valence-corrected chi connectivity index (χ2v) is 3.27. The summed E-state index contributed by atoms with van der Waals surface area (Å²) in [6, 6.07) is -0.664. The van der Waals surface area contributed by atoms with E-state index in [0.717, 1.165) is 6.54 Å². The first kappa shape index (κ1) is 12.2. The van der Waals surface area contributed by atoms with Crippen molar-refractivity contribution in [2.75, 3.05) is 0 Å². The van der Waals surface area contributed by atoms with Crippen molar-refractivity contribution >= 4 is 5.91 Å². The van der Waals surface area contributed by atoms with Crippen LogP contribution in [0.2, 0.25) is 0 Å². The number of hydrogen-bond acceptors (Lipinski definition) is 4. The van der Waals surface area contributed by atoms with E-state index < -0.39 is 6.04 Å². The Balaban J connectivity index is 2.46. The van der Waals surface area contributed by atoms with Gasteiger partial charge in [0, 0.05) is 13.0 Å². The maximum Gasteiger partial charge on any atom is 0.238 e. The zero-order valence-corrected chi connectivity index (χ0v) is 9.18. The van der Waals surface area contributed by atoms with Crippen LogP contribution in [-0.4, -0.2) is 26.7 Å². The van der Waals surface area contributed by atoms with E-state index in [9.17, 15) is 4.79 Å². The van der Waals surface area contributed by atoms with Gasteiger partial charge in [0.15, 0.2) is 5.82 Å². The van der Waals surface area contributed by atoms with Crippen LogP contribution in [0.15, 0.2) is 6.33 Å². The molecule has 86 valence electrons. The van der Waals surface area contributed by atoms with Crippen LogP contribution in [0.4, 0.5) is 0 Å². The Labute approximate surface area is 94.2 Å². The maximum absolute atomic E-state index is 11.4. The molecule has 0 fully saturated rings. The number of aryl methyl sites for hydroxylation is 1. The molecule has 0 aliphatic heterocycles. The molecule has 0 bridgehead atoms. The molecule has 1 heterocycles. The highest BCUT2D eigenvalue weighted by molar-refractivity contribution is 5.81. The van der Waals surface area contributed by atoms with E-state index in [0.29, 0.717) is 12.4 Å². The molecule has 1 rings (SSSR count). The van der Waals surface area contributed by atoms with Crippen LogP contribution in [0.25, 0.3) is 0 Å². The molecule has 1 aromatic rings. The Morgan fingerprint density at radius 1 is 1.81 bits per heavy atom. The molecule has 1 aromatic heterocycles. The lowest BCUT2D eigenvalue weighted by Crippen LogP contribution is -2.40. The molecule has 6 nitrogen and oxygen atoms in total. The van der Waals surface area contributed by atoms with Crippen molar-refractivity contribution in [2.24, 2.45) is 5.73 Å². The minimum Gasteiger partial charge on any atom is -0.347 e. The fourth-order valence-corrected chi connectivity index (χ4v) is 1.20. The molecule has 0 aliphatic rings. The third-order valence-electron chi connectivity index (χ3n) is 2.13. The Morgan fingerprint density at radius 2 is 2.56 bits per heavy atom. The SMILES string of the molecule is C#CCC(N)C(=O)NCc1nncn1CC. The summed E-state index contributed by atoms with van der Waals surface area (Å²) < 4.78 is 1.84. The number of nitrogens with one attached hydrogen (secondary N) is 1. The number of aromatic nitrogens is 3. The fourth-order valence-electron chi connectivity index (χ4n) is 1.20. The first-order valence-electron chi connectivity index (χ1n) is 5.02. The van der Waals surface area contributed by atoms with Gasteiger partial charge in [0.1, 0.15) is 6.33 Å².